The van der Waals surface area contributed by atoms with Crippen LogP contribution in [0.15, 0.2) is 237 Å². The van der Waals surface area contributed by atoms with E-state index >= 15 is 0 Å². The van der Waals surface area contributed by atoms with E-state index in [0.717, 1.165) is 11.4 Å². The van der Waals surface area contributed by atoms with Crippen LogP contribution in [-0.4, -0.2) is 0 Å². The second-order valence-electron chi connectivity index (χ2n) is 16.1. The van der Waals surface area contributed by atoms with Crippen LogP contribution in [0, 0.1) is 0 Å². The van der Waals surface area contributed by atoms with Gasteiger partial charge in [-0.15, -0.1) is 11.3 Å². The van der Waals surface area contributed by atoms with Gasteiger partial charge in [0.2, 0.25) is 0 Å². The highest BCUT2D eigenvalue weighted by Crippen LogP contribution is 2.49. The molecular formula is C60H39NS. The van der Waals surface area contributed by atoms with Crippen LogP contribution in [0.25, 0.3) is 97.0 Å². The molecule has 62 heavy (non-hydrogen) atoms. The lowest BCUT2D eigenvalue weighted by Gasteiger charge is -2.27. The molecule has 12 aromatic rings. The highest BCUT2D eigenvalue weighted by Gasteiger charge is 2.21. The lowest BCUT2D eigenvalue weighted by atomic mass is 9.91. The summed E-state index contributed by atoms with van der Waals surface area (Å²) in [5.74, 6) is 0. The maximum Gasteiger partial charge on any atom is 0.0554 e. The van der Waals surface area contributed by atoms with Crippen molar-refractivity contribution in [1.29, 1.82) is 0 Å². The van der Waals surface area contributed by atoms with Crippen LogP contribution in [0.3, 0.4) is 0 Å². The maximum absolute atomic E-state index is 2.46. The lowest BCUT2D eigenvalue weighted by Crippen LogP contribution is -2.10. The van der Waals surface area contributed by atoms with Crippen LogP contribution < -0.4 is 4.90 Å². The molecule has 0 bridgehead atoms. The van der Waals surface area contributed by atoms with Gasteiger partial charge in [0.1, 0.15) is 0 Å². The molecule has 0 unspecified atom stereocenters. The summed E-state index contributed by atoms with van der Waals surface area (Å²) in [5.41, 5.74) is 13.1. The van der Waals surface area contributed by atoms with E-state index in [1.807, 2.05) is 11.3 Å². The van der Waals surface area contributed by atoms with Gasteiger partial charge in [0.25, 0.3) is 0 Å². The summed E-state index contributed by atoms with van der Waals surface area (Å²) in [5, 5.41) is 9.99. The zero-order valence-corrected chi connectivity index (χ0v) is 34.7. The van der Waals surface area contributed by atoms with E-state index in [1.165, 1.54) is 103 Å². The number of rotatable bonds is 7. The monoisotopic (exact) mass is 805 g/mol. The Balaban J connectivity index is 1.04. The first-order chi connectivity index (χ1) is 30.7. The molecule has 11 aromatic carbocycles. The summed E-state index contributed by atoms with van der Waals surface area (Å²) in [7, 11) is 0. The molecule has 0 fully saturated rings. The minimum absolute atomic E-state index is 1.13. The van der Waals surface area contributed by atoms with Crippen molar-refractivity contribution < 1.29 is 0 Å². The van der Waals surface area contributed by atoms with Gasteiger partial charge in [-0.05, 0) is 132 Å². The van der Waals surface area contributed by atoms with Gasteiger partial charge in [0.05, 0.1) is 5.69 Å². The fourth-order valence-corrected chi connectivity index (χ4v) is 10.6. The molecule has 0 spiro atoms. The van der Waals surface area contributed by atoms with Gasteiger partial charge in [-0.25, -0.2) is 0 Å². The van der Waals surface area contributed by atoms with Gasteiger partial charge in [-0.3, -0.25) is 0 Å². The van der Waals surface area contributed by atoms with Crippen LogP contribution in [0.5, 0.6) is 0 Å². The third kappa shape index (κ3) is 6.32. The molecule has 0 radical (unpaired) electrons. The van der Waals surface area contributed by atoms with Crippen LogP contribution >= 0.6 is 11.3 Å². The Hall–Kier alpha value is -7.78. The van der Waals surface area contributed by atoms with Gasteiger partial charge in [-0.2, -0.15) is 0 Å². The number of benzene rings is 11. The summed E-state index contributed by atoms with van der Waals surface area (Å²) in [6.45, 7) is 0. The average molecular weight is 806 g/mol. The summed E-state index contributed by atoms with van der Waals surface area (Å²) in [6, 6.07) is 86.8. The second kappa shape index (κ2) is 15.0. The number of fused-ring (bicyclic) bond motifs is 7. The Morgan fingerprint density at radius 1 is 0.290 bits per heavy atom. The largest absolute Gasteiger partial charge is 0.310 e. The Bertz CT molecular complexity index is 3490. The summed E-state index contributed by atoms with van der Waals surface area (Å²) in [6.07, 6.45) is 0. The van der Waals surface area contributed by atoms with Crippen molar-refractivity contribution in [2.75, 3.05) is 4.90 Å². The van der Waals surface area contributed by atoms with Gasteiger partial charge in [0.15, 0.2) is 0 Å². The zero-order chi connectivity index (χ0) is 41.0. The number of hydrogen-bond acceptors (Lipinski definition) is 2. The minimum atomic E-state index is 1.13. The SMILES string of the molecule is c1ccc(-c2cc(-c3ccccc3)cc(-c3ccc(-c4cc5c(sc6cccc(N(c7ccc8ccccc8c7)c7ccc8ccccc8c7)c65)c5ccccc45)cc3)c2)cc1. The molecule has 12 rings (SSSR count). The van der Waals surface area contributed by atoms with Crippen molar-refractivity contribution in [2.45, 2.75) is 0 Å². The van der Waals surface area contributed by atoms with Crippen molar-refractivity contribution in [3.8, 4) is 44.5 Å². The van der Waals surface area contributed by atoms with E-state index in [0.29, 0.717) is 0 Å². The topological polar surface area (TPSA) is 3.24 Å². The van der Waals surface area contributed by atoms with Gasteiger partial charge in [-0.1, -0.05) is 176 Å². The fraction of sp³-hybridized carbons (Fsp3) is 0. The van der Waals surface area contributed by atoms with E-state index in [4.69, 9.17) is 0 Å². The predicted molar refractivity (Wildman–Crippen MR) is 268 cm³/mol. The Labute approximate surface area is 365 Å². The smallest absolute Gasteiger partial charge is 0.0554 e. The van der Waals surface area contributed by atoms with Crippen molar-refractivity contribution in [1.82, 2.24) is 0 Å². The highest BCUT2D eigenvalue weighted by atomic mass is 32.1. The average Bonchev–Trinajstić information content (AvgIpc) is 3.74. The quantitative estimate of drug-likeness (QED) is 0.155. The predicted octanol–water partition coefficient (Wildman–Crippen LogP) is 17.7. The lowest BCUT2D eigenvalue weighted by molar-refractivity contribution is 1.31. The molecule has 0 saturated carbocycles. The zero-order valence-electron chi connectivity index (χ0n) is 33.9. The number of anilines is 3. The van der Waals surface area contributed by atoms with Crippen LogP contribution in [0.2, 0.25) is 0 Å². The highest BCUT2D eigenvalue weighted by molar-refractivity contribution is 7.26. The van der Waals surface area contributed by atoms with Gasteiger partial charge >= 0.3 is 0 Å². The van der Waals surface area contributed by atoms with Gasteiger partial charge in [0, 0.05) is 36.9 Å². The van der Waals surface area contributed by atoms with E-state index in [2.05, 4.69) is 241 Å². The second-order valence-corrected chi connectivity index (χ2v) is 17.2. The number of nitrogens with zero attached hydrogens (tertiary/aromatic N) is 1. The number of hydrogen-bond donors (Lipinski definition) is 0. The van der Waals surface area contributed by atoms with Gasteiger partial charge < -0.3 is 4.90 Å². The van der Waals surface area contributed by atoms with Crippen LogP contribution in [0.4, 0.5) is 17.1 Å². The normalized spacial score (nSPS) is 11.5. The van der Waals surface area contributed by atoms with Crippen molar-refractivity contribution in [2.24, 2.45) is 0 Å². The molecular weight excluding hydrogens is 767 g/mol. The van der Waals surface area contributed by atoms with Crippen molar-refractivity contribution >= 4 is 80.9 Å². The molecule has 290 valence electrons. The van der Waals surface area contributed by atoms with E-state index in [-0.39, 0.29) is 0 Å². The summed E-state index contributed by atoms with van der Waals surface area (Å²) >= 11 is 1.89. The Kier molecular flexibility index (Phi) is 8.76. The molecule has 0 atom stereocenters. The fourth-order valence-electron chi connectivity index (χ4n) is 9.34. The molecule has 2 heteroatoms. The summed E-state index contributed by atoms with van der Waals surface area (Å²) in [4.78, 5) is 2.46. The van der Waals surface area contributed by atoms with Crippen LogP contribution in [0.1, 0.15) is 0 Å². The van der Waals surface area contributed by atoms with Crippen LogP contribution in [-0.2, 0) is 0 Å². The Morgan fingerprint density at radius 3 is 1.35 bits per heavy atom. The molecule has 0 aliphatic rings. The first-order valence-electron chi connectivity index (χ1n) is 21.2. The maximum atomic E-state index is 2.46. The molecule has 0 aliphatic carbocycles. The Morgan fingerprint density at radius 2 is 0.774 bits per heavy atom. The molecule has 1 aromatic heterocycles. The standard InChI is InChI=1S/C60H39NS/c1-3-14-40(15-4-1)48-34-49(41-16-5-2-6-17-41)36-50(35-48)44-26-28-45(29-27-44)55-39-56-59-57(24-13-25-58(59)62-60(56)54-23-12-11-22-53(54)55)61(51-32-30-42-18-7-9-20-46(42)37-51)52-33-31-43-19-8-10-21-47(43)38-52/h1-39H. The molecule has 0 N–H and O–H groups in total. The molecule has 1 nitrogen and oxygen atoms in total. The van der Waals surface area contributed by atoms with E-state index < -0.39 is 0 Å². The molecule has 0 amide bonds. The van der Waals surface area contributed by atoms with Crippen molar-refractivity contribution in [3.05, 3.63) is 237 Å². The molecule has 0 saturated heterocycles. The first-order valence-corrected chi connectivity index (χ1v) is 22.0. The molecule has 0 aliphatic heterocycles. The van der Waals surface area contributed by atoms with Crippen molar-refractivity contribution in [3.63, 3.8) is 0 Å². The third-order valence-corrected chi connectivity index (χ3v) is 13.6. The number of thiophene rings is 1. The minimum Gasteiger partial charge on any atom is -0.310 e. The molecule has 1 heterocycles. The van der Waals surface area contributed by atoms with E-state index in [1.54, 1.807) is 0 Å². The third-order valence-electron chi connectivity index (χ3n) is 12.4. The first kappa shape index (κ1) is 36.1. The van der Waals surface area contributed by atoms with E-state index in [9.17, 15) is 0 Å². The summed E-state index contributed by atoms with van der Waals surface area (Å²) < 4.78 is 2.58.